The van der Waals surface area contributed by atoms with Crippen molar-refractivity contribution in [2.45, 2.75) is 50.4 Å². The zero-order chi connectivity index (χ0) is 19.0. The summed E-state index contributed by atoms with van der Waals surface area (Å²) in [7, 11) is 0. The molecule has 0 aromatic heterocycles. The molecular formula is C22H25O4-. The van der Waals surface area contributed by atoms with E-state index < -0.39 is 28.7 Å². The molecule has 0 amide bonds. The van der Waals surface area contributed by atoms with Gasteiger partial charge in [-0.25, -0.2) is 0 Å². The number of carbonyl (C=O) groups is 1. The van der Waals surface area contributed by atoms with Gasteiger partial charge in [0, 0.05) is 11.9 Å². The Morgan fingerprint density at radius 1 is 1.04 bits per heavy atom. The van der Waals surface area contributed by atoms with Crippen molar-refractivity contribution < 1.29 is 19.7 Å². The number of ether oxygens (including phenoxy) is 1. The van der Waals surface area contributed by atoms with Gasteiger partial charge in [0.15, 0.2) is 0 Å². The second-order valence-corrected chi connectivity index (χ2v) is 7.79. The minimum atomic E-state index is -1.41. The normalized spacial score (nSPS) is 25.6. The highest BCUT2D eigenvalue weighted by Gasteiger charge is 2.56. The van der Waals surface area contributed by atoms with Crippen LogP contribution in [-0.4, -0.2) is 22.3 Å². The third-order valence-electron chi connectivity index (χ3n) is 5.67. The molecule has 1 N–H and O–H groups in total. The summed E-state index contributed by atoms with van der Waals surface area (Å²) in [4.78, 5) is 11.5. The van der Waals surface area contributed by atoms with Gasteiger partial charge >= 0.3 is 0 Å². The predicted octanol–water partition coefficient (Wildman–Crippen LogP) is 2.64. The van der Waals surface area contributed by atoms with Crippen LogP contribution in [0.2, 0.25) is 0 Å². The summed E-state index contributed by atoms with van der Waals surface area (Å²) in [6, 6.07) is 18.8. The van der Waals surface area contributed by atoms with Crippen molar-refractivity contribution in [1.29, 1.82) is 0 Å². The molecule has 1 aliphatic heterocycles. The molecule has 4 nitrogen and oxygen atoms in total. The smallest absolute Gasteiger partial charge is 0.143 e. The summed E-state index contributed by atoms with van der Waals surface area (Å²) in [6.07, 6.45) is 0.781. The van der Waals surface area contributed by atoms with Gasteiger partial charge in [0.1, 0.15) is 11.2 Å². The van der Waals surface area contributed by atoms with Crippen molar-refractivity contribution in [2.24, 2.45) is 5.92 Å². The molecule has 3 rings (SSSR count). The van der Waals surface area contributed by atoms with Crippen LogP contribution in [0.25, 0.3) is 0 Å². The summed E-state index contributed by atoms with van der Waals surface area (Å²) in [6.45, 7) is 5.36. The minimum absolute atomic E-state index is 0.383. The maximum atomic E-state index is 12.0. The van der Waals surface area contributed by atoms with Gasteiger partial charge in [0.2, 0.25) is 0 Å². The maximum absolute atomic E-state index is 12.0. The fourth-order valence-electron chi connectivity index (χ4n) is 4.26. The van der Waals surface area contributed by atoms with Crippen LogP contribution < -0.4 is 5.11 Å². The van der Waals surface area contributed by atoms with Crippen LogP contribution in [0.15, 0.2) is 60.7 Å². The number of carboxylic acids is 1. The first kappa shape index (κ1) is 18.6. The van der Waals surface area contributed by atoms with Gasteiger partial charge in [-0.3, -0.25) is 0 Å². The number of benzene rings is 2. The molecule has 2 aromatic carbocycles. The Hall–Kier alpha value is -2.17. The van der Waals surface area contributed by atoms with E-state index in [0.29, 0.717) is 12.8 Å². The van der Waals surface area contributed by atoms with Crippen LogP contribution in [-0.2, 0) is 15.1 Å². The van der Waals surface area contributed by atoms with Crippen molar-refractivity contribution >= 4 is 5.97 Å². The van der Waals surface area contributed by atoms with Gasteiger partial charge < -0.3 is 19.7 Å². The van der Waals surface area contributed by atoms with E-state index in [1.807, 2.05) is 67.6 Å². The van der Waals surface area contributed by atoms with Crippen LogP contribution in [0.1, 0.15) is 44.7 Å². The van der Waals surface area contributed by atoms with E-state index in [0.717, 1.165) is 11.1 Å². The lowest BCUT2D eigenvalue weighted by molar-refractivity contribution is -0.330. The molecule has 0 radical (unpaired) electrons. The molecule has 2 atom stereocenters. The Balaban J connectivity index is 2.13. The molecule has 26 heavy (non-hydrogen) atoms. The van der Waals surface area contributed by atoms with Crippen molar-refractivity contribution in [1.82, 2.24) is 0 Å². The number of hydrogen-bond donors (Lipinski definition) is 1. The molecule has 0 aliphatic carbocycles. The summed E-state index contributed by atoms with van der Waals surface area (Å²) in [5.74, 6) is -1.83. The van der Waals surface area contributed by atoms with Crippen LogP contribution in [0.5, 0.6) is 0 Å². The zero-order valence-electron chi connectivity index (χ0n) is 15.4. The standard InChI is InChI=1S/C22H26O4/c1-20(2)18(19(23)24)14-15-21(3,26-20)22(25,16-10-6-4-7-11-16)17-12-8-5-9-13-17/h4-13,18,25H,14-15H2,1-3H3,(H,23,24)/p-1/t18-,21+/m0/s1. The van der Waals surface area contributed by atoms with E-state index in [9.17, 15) is 15.0 Å². The Kier molecular flexibility index (Phi) is 4.67. The first-order valence-corrected chi connectivity index (χ1v) is 8.95. The summed E-state index contributed by atoms with van der Waals surface area (Å²) in [5, 5.41) is 23.5. The molecule has 0 spiro atoms. The zero-order valence-corrected chi connectivity index (χ0v) is 15.4. The monoisotopic (exact) mass is 353 g/mol. The van der Waals surface area contributed by atoms with Crippen LogP contribution in [0.3, 0.4) is 0 Å². The lowest BCUT2D eigenvalue weighted by Gasteiger charge is -2.55. The largest absolute Gasteiger partial charge is 0.550 e. The van der Waals surface area contributed by atoms with Gasteiger partial charge in [-0.15, -0.1) is 0 Å². The fraction of sp³-hybridized carbons (Fsp3) is 0.409. The molecule has 2 aromatic rings. The molecule has 0 unspecified atom stereocenters. The molecule has 1 aliphatic rings. The molecule has 0 saturated carbocycles. The van der Waals surface area contributed by atoms with Crippen LogP contribution in [0, 0.1) is 5.92 Å². The number of carboxylic acid groups (broad SMARTS) is 1. The SMILES string of the molecule is CC1(C)O[C@@](C)(C(O)(c2ccccc2)c2ccccc2)CC[C@H]1C(=O)[O-]. The van der Waals surface area contributed by atoms with Gasteiger partial charge in [0.25, 0.3) is 0 Å². The van der Waals surface area contributed by atoms with Crippen LogP contribution >= 0.6 is 0 Å². The Labute approximate surface area is 154 Å². The molecule has 138 valence electrons. The number of hydrogen-bond acceptors (Lipinski definition) is 4. The topological polar surface area (TPSA) is 69.6 Å². The number of carbonyl (C=O) groups excluding carboxylic acids is 1. The number of aliphatic carboxylic acids is 1. The second kappa shape index (κ2) is 6.53. The fourth-order valence-corrected chi connectivity index (χ4v) is 4.26. The molecule has 1 heterocycles. The third-order valence-corrected chi connectivity index (χ3v) is 5.67. The summed E-state index contributed by atoms with van der Waals surface area (Å²) in [5.41, 5.74) is -1.93. The highest BCUT2D eigenvalue weighted by Crippen LogP contribution is 2.50. The van der Waals surface area contributed by atoms with Crippen molar-refractivity contribution in [3.05, 3.63) is 71.8 Å². The number of aliphatic hydroxyl groups is 1. The Morgan fingerprint density at radius 2 is 1.50 bits per heavy atom. The second-order valence-electron chi connectivity index (χ2n) is 7.79. The molecule has 4 heteroatoms. The van der Waals surface area contributed by atoms with Crippen molar-refractivity contribution in [3.8, 4) is 0 Å². The van der Waals surface area contributed by atoms with E-state index >= 15 is 0 Å². The molecule has 1 fully saturated rings. The van der Waals surface area contributed by atoms with Crippen LogP contribution in [0.4, 0.5) is 0 Å². The van der Waals surface area contributed by atoms with Gasteiger partial charge in [-0.2, -0.15) is 0 Å². The summed E-state index contributed by atoms with van der Waals surface area (Å²) >= 11 is 0. The van der Waals surface area contributed by atoms with E-state index in [1.165, 1.54) is 0 Å². The Bertz CT molecular complexity index is 730. The van der Waals surface area contributed by atoms with Gasteiger partial charge in [-0.1, -0.05) is 60.7 Å². The van der Waals surface area contributed by atoms with E-state index in [2.05, 4.69) is 0 Å². The maximum Gasteiger partial charge on any atom is 0.143 e. The van der Waals surface area contributed by atoms with Crippen molar-refractivity contribution in [3.63, 3.8) is 0 Å². The van der Waals surface area contributed by atoms with Gasteiger partial charge in [-0.05, 0) is 44.7 Å². The van der Waals surface area contributed by atoms with Gasteiger partial charge in [0.05, 0.1) is 5.60 Å². The average molecular weight is 353 g/mol. The molecule has 1 saturated heterocycles. The first-order chi connectivity index (χ1) is 12.2. The predicted molar refractivity (Wildman–Crippen MR) is 97.2 cm³/mol. The molecular weight excluding hydrogens is 328 g/mol. The van der Waals surface area contributed by atoms with E-state index in [-0.39, 0.29) is 0 Å². The highest BCUT2D eigenvalue weighted by molar-refractivity contribution is 5.69. The average Bonchev–Trinajstić information content (AvgIpc) is 2.61. The Morgan fingerprint density at radius 3 is 1.88 bits per heavy atom. The quantitative estimate of drug-likeness (QED) is 0.917. The van der Waals surface area contributed by atoms with Crippen molar-refractivity contribution in [2.75, 3.05) is 0 Å². The number of rotatable bonds is 4. The van der Waals surface area contributed by atoms with E-state index in [4.69, 9.17) is 4.74 Å². The van der Waals surface area contributed by atoms with E-state index in [1.54, 1.807) is 13.8 Å². The summed E-state index contributed by atoms with van der Waals surface area (Å²) < 4.78 is 6.34. The lowest BCUT2D eigenvalue weighted by atomic mass is 9.67. The minimum Gasteiger partial charge on any atom is -0.550 e. The lowest BCUT2D eigenvalue weighted by Crippen LogP contribution is -2.62. The third kappa shape index (κ3) is 2.93. The first-order valence-electron chi connectivity index (χ1n) is 8.95. The molecule has 0 bridgehead atoms. The highest BCUT2D eigenvalue weighted by atomic mass is 16.5.